The average molecular weight is 755 g/mol. The zero-order valence-electron chi connectivity index (χ0n) is 32.0. The van der Waals surface area contributed by atoms with Gasteiger partial charge in [-0.3, -0.25) is 0 Å². The van der Waals surface area contributed by atoms with E-state index in [1.807, 2.05) is 12.1 Å². The van der Waals surface area contributed by atoms with Crippen LogP contribution in [0.25, 0.3) is 44.2 Å². The molecule has 0 bridgehead atoms. The maximum Gasteiger partial charge on any atom is 0.256 e. The SMILES string of the molecule is c1ccc(-c2ccc(N3c4ccc(-c5ccccc5)cc4B4c5ccc6c(oc7cc(N(c8ccccc8)c8ccccc8)ccc76)c5Oc5cccc3c54)cc2)cc1. The summed E-state index contributed by atoms with van der Waals surface area (Å²) in [5.74, 6) is 1.62. The molecule has 1 aromatic heterocycles. The highest BCUT2D eigenvalue weighted by Gasteiger charge is 2.43. The van der Waals surface area contributed by atoms with Crippen LogP contribution < -0.4 is 30.9 Å². The van der Waals surface area contributed by atoms with Crippen molar-refractivity contribution in [1.29, 1.82) is 0 Å². The molecule has 0 spiro atoms. The van der Waals surface area contributed by atoms with Gasteiger partial charge in [-0.05, 0) is 105 Å². The number of furan rings is 1. The third-order valence-corrected chi connectivity index (χ3v) is 11.9. The number of fused-ring (bicyclic) bond motifs is 8. The van der Waals surface area contributed by atoms with Crippen LogP contribution in [0, 0.1) is 0 Å². The maximum absolute atomic E-state index is 7.04. The molecule has 0 amide bonds. The van der Waals surface area contributed by atoms with E-state index >= 15 is 0 Å². The topological polar surface area (TPSA) is 28.9 Å². The van der Waals surface area contributed by atoms with E-state index in [0.717, 1.165) is 78.5 Å². The monoisotopic (exact) mass is 754 g/mol. The number of nitrogens with zero attached hydrogens (tertiary/aromatic N) is 2. The van der Waals surface area contributed by atoms with Crippen LogP contribution in [-0.4, -0.2) is 6.71 Å². The molecule has 9 aromatic carbocycles. The highest BCUT2D eigenvalue weighted by Crippen LogP contribution is 2.45. The van der Waals surface area contributed by atoms with E-state index < -0.39 is 0 Å². The zero-order chi connectivity index (χ0) is 38.9. The first-order chi connectivity index (χ1) is 29.3. The molecule has 4 nitrogen and oxygen atoms in total. The Morgan fingerprint density at radius 2 is 1.03 bits per heavy atom. The van der Waals surface area contributed by atoms with Gasteiger partial charge in [-0.2, -0.15) is 0 Å². The average Bonchev–Trinajstić information content (AvgIpc) is 3.69. The van der Waals surface area contributed by atoms with Gasteiger partial charge in [0, 0.05) is 51.0 Å². The van der Waals surface area contributed by atoms with Gasteiger partial charge in [0.05, 0.1) is 0 Å². The number of ether oxygens (including phenoxy) is 1. The molecule has 0 saturated carbocycles. The summed E-state index contributed by atoms with van der Waals surface area (Å²) in [7, 11) is 0. The quantitative estimate of drug-likeness (QED) is 0.158. The van der Waals surface area contributed by atoms with Crippen LogP contribution in [0.3, 0.4) is 0 Å². The van der Waals surface area contributed by atoms with Gasteiger partial charge in [-0.25, -0.2) is 0 Å². The molecule has 2 aliphatic heterocycles. The molecule has 0 N–H and O–H groups in total. The number of anilines is 6. The highest BCUT2D eigenvalue weighted by atomic mass is 16.5. The van der Waals surface area contributed by atoms with E-state index in [0.29, 0.717) is 0 Å². The molecule has 276 valence electrons. The first kappa shape index (κ1) is 33.4. The number of rotatable bonds is 6. The lowest BCUT2D eigenvalue weighted by atomic mass is 9.34. The Morgan fingerprint density at radius 1 is 0.424 bits per heavy atom. The third kappa shape index (κ3) is 5.39. The summed E-state index contributed by atoms with van der Waals surface area (Å²) in [6.07, 6.45) is 0. The molecule has 0 unspecified atom stereocenters. The van der Waals surface area contributed by atoms with E-state index in [9.17, 15) is 0 Å². The van der Waals surface area contributed by atoms with Crippen LogP contribution in [0.5, 0.6) is 11.5 Å². The Bertz CT molecular complexity index is 3150. The Morgan fingerprint density at radius 3 is 1.73 bits per heavy atom. The first-order valence-corrected chi connectivity index (χ1v) is 20.1. The summed E-state index contributed by atoms with van der Waals surface area (Å²) in [5.41, 5.74) is 16.3. The maximum atomic E-state index is 7.04. The van der Waals surface area contributed by atoms with E-state index in [-0.39, 0.29) is 6.71 Å². The van der Waals surface area contributed by atoms with Gasteiger partial charge >= 0.3 is 0 Å². The molecule has 0 aliphatic carbocycles. The number of hydrogen-bond acceptors (Lipinski definition) is 4. The van der Waals surface area contributed by atoms with Crippen LogP contribution >= 0.6 is 0 Å². The minimum Gasteiger partial charge on any atom is -0.454 e. The van der Waals surface area contributed by atoms with Crippen molar-refractivity contribution in [2.75, 3.05) is 9.80 Å². The van der Waals surface area contributed by atoms with Crippen molar-refractivity contribution in [3.05, 3.63) is 212 Å². The lowest BCUT2D eigenvalue weighted by Gasteiger charge is -2.40. The van der Waals surface area contributed by atoms with Gasteiger partial charge in [-0.15, -0.1) is 0 Å². The number of benzene rings is 9. The number of hydrogen-bond donors (Lipinski definition) is 0. The van der Waals surface area contributed by atoms with Gasteiger partial charge in [0.2, 0.25) is 0 Å². The van der Waals surface area contributed by atoms with Crippen LogP contribution in [0.1, 0.15) is 0 Å². The lowest BCUT2D eigenvalue weighted by molar-refractivity contribution is 0.481. The summed E-state index contributed by atoms with van der Waals surface area (Å²) >= 11 is 0. The Kier molecular flexibility index (Phi) is 7.60. The second-order valence-electron chi connectivity index (χ2n) is 15.3. The van der Waals surface area contributed by atoms with Crippen LogP contribution in [0.15, 0.2) is 217 Å². The standard InChI is InChI=1S/C54H35BN2O2/c1-5-14-36(15-6-1)38-24-27-42(28-25-38)57-48-33-26-39(37-16-7-2-8-17-37)34-47(48)55-46-32-31-45-44-30-29-43(56(40-18-9-3-10-19-40)41-20-11-4-12-21-41)35-51(44)59-53(45)54(46)58-50-23-13-22-49(57)52(50)55/h1-35H. The van der Waals surface area contributed by atoms with Crippen molar-refractivity contribution >= 4 is 79.2 Å². The minimum absolute atomic E-state index is 0.0803. The molecule has 0 atom stereocenters. The van der Waals surface area contributed by atoms with Crippen molar-refractivity contribution in [2.24, 2.45) is 0 Å². The first-order valence-electron chi connectivity index (χ1n) is 20.1. The van der Waals surface area contributed by atoms with E-state index in [4.69, 9.17) is 9.15 Å². The van der Waals surface area contributed by atoms with Crippen LogP contribution in [0.4, 0.5) is 34.1 Å². The summed E-state index contributed by atoms with van der Waals surface area (Å²) in [5, 5.41) is 2.08. The molecule has 12 rings (SSSR count). The summed E-state index contributed by atoms with van der Waals surface area (Å²) in [6, 6.07) is 75.4. The molecule has 0 saturated heterocycles. The summed E-state index contributed by atoms with van der Waals surface area (Å²) < 4.78 is 14.0. The summed E-state index contributed by atoms with van der Waals surface area (Å²) in [4.78, 5) is 4.66. The molecule has 5 heteroatoms. The smallest absolute Gasteiger partial charge is 0.256 e. The fourth-order valence-corrected chi connectivity index (χ4v) is 9.23. The predicted octanol–water partition coefficient (Wildman–Crippen LogP) is 12.8. The molecular formula is C54H35BN2O2. The van der Waals surface area contributed by atoms with E-state index in [1.165, 1.54) is 27.7 Å². The predicted molar refractivity (Wildman–Crippen MR) is 245 cm³/mol. The second kappa shape index (κ2) is 13.4. The molecule has 0 fully saturated rings. The van der Waals surface area contributed by atoms with E-state index in [2.05, 4.69) is 210 Å². The Balaban J connectivity index is 1.03. The van der Waals surface area contributed by atoms with Gasteiger partial charge in [0.25, 0.3) is 6.71 Å². The fraction of sp³-hybridized carbons (Fsp3) is 0. The molecule has 10 aromatic rings. The van der Waals surface area contributed by atoms with Crippen LogP contribution in [0.2, 0.25) is 0 Å². The van der Waals surface area contributed by atoms with Gasteiger partial charge in [0.1, 0.15) is 11.3 Å². The normalized spacial score (nSPS) is 12.5. The van der Waals surface area contributed by atoms with Gasteiger partial charge < -0.3 is 19.0 Å². The zero-order valence-corrected chi connectivity index (χ0v) is 32.0. The van der Waals surface area contributed by atoms with Crippen molar-refractivity contribution in [3.8, 4) is 33.8 Å². The van der Waals surface area contributed by atoms with Gasteiger partial charge in [0.15, 0.2) is 11.3 Å². The fourth-order valence-electron chi connectivity index (χ4n) is 9.23. The molecule has 2 aliphatic rings. The van der Waals surface area contributed by atoms with Crippen LogP contribution in [-0.2, 0) is 0 Å². The highest BCUT2D eigenvalue weighted by molar-refractivity contribution is 6.99. The third-order valence-electron chi connectivity index (χ3n) is 11.9. The van der Waals surface area contributed by atoms with E-state index in [1.54, 1.807) is 0 Å². The van der Waals surface area contributed by atoms with Crippen molar-refractivity contribution < 1.29 is 9.15 Å². The number of para-hydroxylation sites is 2. The van der Waals surface area contributed by atoms with Crippen molar-refractivity contribution in [2.45, 2.75) is 0 Å². The lowest BCUT2D eigenvalue weighted by Crippen LogP contribution is -2.59. The Labute approximate surface area is 342 Å². The van der Waals surface area contributed by atoms with Gasteiger partial charge in [-0.1, -0.05) is 140 Å². The largest absolute Gasteiger partial charge is 0.454 e. The van der Waals surface area contributed by atoms with Crippen molar-refractivity contribution in [1.82, 2.24) is 0 Å². The molecule has 3 heterocycles. The molecule has 59 heavy (non-hydrogen) atoms. The minimum atomic E-state index is -0.0803. The molecular weight excluding hydrogens is 719 g/mol. The Hall–Kier alpha value is -7.76. The second-order valence-corrected chi connectivity index (χ2v) is 15.3. The molecule has 0 radical (unpaired) electrons. The summed E-state index contributed by atoms with van der Waals surface area (Å²) in [6.45, 7) is -0.0803. The van der Waals surface area contributed by atoms with Crippen molar-refractivity contribution in [3.63, 3.8) is 0 Å².